The van der Waals surface area contributed by atoms with E-state index in [0.717, 1.165) is 29.0 Å². The van der Waals surface area contributed by atoms with Crippen LogP contribution < -0.4 is 5.32 Å². The summed E-state index contributed by atoms with van der Waals surface area (Å²) in [6, 6.07) is 11.6. The van der Waals surface area contributed by atoms with Crippen LogP contribution >= 0.6 is 11.6 Å². The highest BCUT2D eigenvalue weighted by atomic mass is 35.5. The van der Waals surface area contributed by atoms with Gasteiger partial charge in [-0.05, 0) is 62.9 Å². The average Bonchev–Trinajstić information content (AvgIpc) is 2.44. The molecule has 0 aliphatic carbocycles. The molecule has 0 bridgehead atoms. The Morgan fingerprint density at radius 1 is 1.18 bits per heavy atom. The molecule has 116 valence electrons. The fraction of sp³-hybridized carbons (Fsp3) is 0.333. The standard InChI is InChI=1S/C18H21ClN2O/c1-18(2,3)21-17(22)16-14(7-5-11-20-16)10-9-13-6-4-8-15(19)12-13/h4-8,11-12H,9-10H2,1-3H3,(H,21,22). The zero-order valence-electron chi connectivity index (χ0n) is 13.2. The smallest absolute Gasteiger partial charge is 0.270 e. The second-order valence-electron chi connectivity index (χ2n) is 6.35. The summed E-state index contributed by atoms with van der Waals surface area (Å²) in [7, 11) is 0. The van der Waals surface area contributed by atoms with Crippen molar-refractivity contribution in [1.82, 2.24) is 10.3 Å². The van der Waals surface area contributed by atoms with Crippen LogP contribution in [0.5, 0.6) is 0 Å². The Morgan fingerprint density at radius 2 is 1.95 bits per heavy atom. The molecule has 0 saturated carbocycles. The molecule has 0 aliphatic heterocycles. The molecule has 0 atom stereocenters. The van der Waals surface area contributed by atoms with Crippen molar-refractivity contribution in [2.75, 3.05) is 0 Å². The fourth-order valence-corrected chi connectivity index (χ4v) is 2.43. The van der Waals surface area contributed by atoms with Crippen molar-refractivity contribution in [3.63, 3.8) is 0 Å². The van der Waals surface area contributed by atoms with Crippen molar-refractivity contribution in [1.29, 1.82) is 0 Å². The molecule has 1 aromatic carbocycles. The molecule has 0 radical (unpaired) electrons. The third-order valence-electron chi connectivity index (χ3n) is 3.17. The van der Waals surface area contributed by atoms with Crippen molar-refractivity contribution in [3.8, 4) is 0 Å². The summed E-state index contributed by atoms with van der Waals surface area (Å²) in [5, 5.41) is 3.69. The number of aryl methyl sites for hydroxylation is 2. The minimum atomic E-state index is -0.279. The lowest BCUT2D eigenvalue weighted by Gasteiger charge is -2.21. The van der Waals surface area contributed by atoms with Crippen molar-refractivity contribution >= 4 is 17.5 Å². The van der Waals surface area contributed by atoms with Crippen LogP contribution in [0, 0.1) is 0 Å². The van der Waals surface area contributed by atoms with Gasteiger partial charge in [-0.15, -0.1) is 0 Å². The minimum absolute atomic E-state index is 0.130. The lowest BCUT2D eigenvalue weighted by atomic mass is 10.0. The number of aromatic nitrogens is 1. The predicted molar refractivity (Wildman–Crippen MR) is 90.3 cm³/mol. The number of carbonyl (C=O) groups is 1. The Hall–Kier alpha value is -1.87. The van der Waals surface area contributed by atoms with Gasteiger partial charge in [-0.1, -0.05) is 29.8 Å². The summed E-state index contributed by atoms with van der Waals surface area (Å²) >= 11 is 6.00. The Kier molecular flexibility index (Phi) is 5.19. The van der Waals surface area contributed by atoms with Gasteiger partial charge < -0.3 is 5.32 Å². The van der Waals surface area contributed by atoms with Crippen LogP contribution in [0.25, 0.3) is 0 Å². The molecular weight excluding hydrogens is 296 g/mol. The fourth-order valence-electron chi connectivity index (χ4n) is 2.22. The molecule has 1 N–H and O–H groups in total. The Bertz CT molecular complexity index is 662. The molecule has 2 aromatic rings. The molecule has 0 fully saturated rings. The first-order chi connectivity index (χ1) is 10.3. The summed E-state index contributed by atoms with van der Waals surface area (Å²) < 4.78 is 0. The van der Waals surface area contributed by atoms with Gasteiger partial charge in [0.25, 0.3) is 5.91 Å². The third kappa shape index (κ3) is 4.85. The van der Waals surface area contributed by atoms with Crippen molar-refractivity contribution in [3.05, 3.63) is 64.4 Å². The lowest BCUT2D eigenvalue weighted by molar-refractivity contribution is 0.0913. The van der Waals surface area contributed by atoms with Crippen LogP contribution in [0.15, 0.2) is 42.6 Å². The first-order valence-electron chi connectivity index (χ1n) is 7.36. The number of nitrogens with one attached hydrogen (secondary N) is 1. The van der Waals surface area contributed by atoms with Crippen LogP contribution in [0.3, 0.4) is 0 Å². The van der Waals surface area contributed by atoms with Crippen LogP contribution in [-0.4, -0.2) is 16.4 Å². The van der Waals surface area contributed by atoms with Gasteiger partial charge in [0.2, 0.25) is 0 Å². The number of pyridine rings is 1. The van der Waals surface area contributed by atoms with E-state index in [4.69, 9.17) is 11.6 Å². The van der Waals surface area contributed by atoms with E-state index in [1.54, 1.807) is 6.20 Å². The molecule has 4 heteroatoms. The van der Waals surface area contributed by atoms with Gasteiger partial charge in [-0.3, -0.25) is 9.78 Å². The van der Waals surface area contributed by atoms with Gasteiger partial charge in [0.05, 0.1) is 0 Å². The van der Waals surface area contributed by atoms with Crippen molar-refractivity contribution in [2.45, 2.75) is 39.2 Å². The molecule has 1 heterocycles. The highest BCUT2D eigenvalue weighted by Crippen LogP contribution is 2.15. The predicted octanol–water partition coefficient (Wildman–Crippen LogP) is 4.05. The van der Waals surface area contributed by atoms with E-state index in [1.165, 1.54) is 0 Å². The number of halogens is 1. The molecule has 2 rings (SSSR count). The molecule has 0 spiro atoms. The highest BCUT2D eigenvalue weighted by molar-refractivity contribution is 6.30. The SMILES string of the molecule is CC(C)(C)NC(=O)c1ncccc1CCc1cccc(Cl)c1. The lowest BCUT2D eigenvalue weighted by Crippen LogP contribution is -2.41. The van der Waals surface area contributed by atoms with Crippen LogP contribution in [0.1, 0.15) is 42.4 Å². The Labute approximate surface area is 136 Å². The van der Waals surface area contributed by atoms with E-state index in [1.807, 2.05) is 57.2 Å². The monoisotopic (exact) mass is 316 g/mol. The number of hydrogen-bond acceptors (Lipinski definition) is 2. The zero-order chi connectivity index (χ0) is 16.2. The number of benzene rings is 1. The molecule has 1 aromatic heterocycles. The van der Waals surface area contributed by atoms with Gasteiger partial charge in [0.1, 0.15) is 5.69 Å². The summed E-state index contributed by atoms with van der Waals surface area (Å²) in [6.07, 6.45) is 3.23. The number of carbonyl (C=O) groups excluding carboxylic acids is 1. The summed E-state index contributed by atoms with van der Waals surface area (Å²) in [6.45, 7) is 5.87. The molecular formula is C18H21ClN2O. The average molecular weight is 317 g/mol. The second kappa shape index (κ2) is 6.93. The molecule has 3 nitrogen and oxygen atoms in total. The van der Waals surface area contributed by atoms with E-state index < -0.39 is 0 Å². The van der Waals surface area contributed by atoms with E-state index in [0.29, 0.717) is 5.69 Å². The first kappa shape index (κ1) is 16.5. The number of amides is 1. The highest BCUT2D eigenvalue weighted by Gasteiger charge is 2.18. The van der Waals surface area contributed by atoms with E-state index in [2.05, 4.69) is 10.3 Å². The maximum absolute atomic E-state index is 12.4. The van der Waals surface area contributed by atoms with Gasteiger partial charge in [0, 0.05) is 16.8 Å². The minimum Gasteiger partial charge on any atom is -0.346 e. The number of hydrogen-bond donors (Lipinski definition) is 1. The maximum atomic E-state index is 12.4. The molecule has 1 amide bonds. The third-order valence-corrected chi connectivity index (χ3v) is 3.40. The molecule has 0 aliphatic rings. The van der Waals surface area contributed by atoms with E-state index in [9.17, 15) is 4.79 Å². The molecule has 0 unspecified atom stereocenters. The molecule has 22 heavy (non-hydrogen) atoms. The van der Waals surface area contributed by atoms with Crippen molar-refractivity contribution < 1.29 is 4.79 Å². The number of rotatable bonds is 4. The van der Waals surface area contributed by atoms with Gasteiger partial charge in [-0.25, -0.2) is 0 Å². The van der Waals surface area contributed by atoms with Crippen LogP contribution in [-0.2, 0) is 12.8 Å². The normalized spacial score (nSPS) is 11.3. The molecule has 0 saturated heterocycles. The van der Waals surface area contributed by atoms with E-state index >= 15 is 0 Å². The summed E-state index contributed by atoms with van der Waals surface area (Å²) in [5.41, 5.74) is 2.32. The van der Waals surface area contributed by atoms with E-state index in [-0.39, 0.29) is 11.4 Å². The van der Waals surface area contributed by atoms with Crippen LogP contribution in [0.2, 0.25) is 5.02 Å². The summed E-state index contributed by atoms with van der Waals surface area (Å²) in [4.78, 5) is 16.6. The topological polar surface area (TPSA) is 42.0 Å². The van der Waals surface area contributed by atoms with Gasteiger partial charge in [-0.2, -0.15) is 0 Å². The van der Waals surface area contributed by atoms with Gasteiger partial charge in [0.15, 0.2) is 0 Å². The quantitative estimate of drug-likeness (QED) is 0.924. The van der Waals surface area contributed by atoms with Gasteiger partial charge >= 0.3 is 0 Å². The largest absolute Gasteiger partial charge is 0.346 e. The van der Waals surface area contributed by atoms with Crippen LogP contribution in [0.4, 0.5) is 0 Å². The second-order valence-corrected chi connectivity index (χ2v) is 6.78. The zero-order valence-corrected chi connectivity index (χ0v) is 13.9. The summed E-state index contributed by atoms with van der Waals surface area (Å²) in [5.74, 6) is -0.130. The Balaban J connectivity index is 2.13. The van der Waals surface area contributed by atoms with Crippen molar-refractivity contribution in [2.24, 2.45) is 0 Å². The first-order valence-corrected chi connectivity index (χ1v) is 7.74. The Morgan fingerprint density at radius 3 is 2.64 bits per heavy atom. The number of nitrogens with zero attached hydrogens (tertiary/aromatic N) is 1. The maximum Gasteiger partial charge on any atom is 0.270 e.